The number of hydrogen-bond acceptors (Lipinski definition) is 6. The average Bonchev–Trinajstić information content (AvgIpc) is 2.81. The van der Waals surface area contributed by atoms with E-state index in [-0.39, 0.29) is 12.4 Å². The van der Waals surface area contributed by atoms with Gasteiger partial charge in [0.2, 0.25) is 0 Å². The summed E-state index contributed by atoms with van der Waals surface area (Å²) in [5.41, 5.74) is 0. The van der Waals surface area contributed by atoms with Crippen LogP contribution in [0.5, 0.6) is 0 Å². The van der Waals surface area contributed by atoms with Crippen molar-refractivity contribution in [2.24, 2.45) is 5.10 Å². The number of thiazole rings is 1. The number of thioether (sulfide) groups is 1. The van der Waals surface area contributed by atoms with Crippen molar-refractivity contribution in [1.82, 2.24) is 15.6 Å². The Kier molecular flexibility index (Phi) is 6.73. The summed E-state index contributed by atoms with van der Waals surface area (Å²) in [7, 11) is 1.52. The fourth-order valence-corrected chi connectivity index (χ4v) is 3.06. The van der Waals surface area contributed by atoms with Crippen molar-refractivity contribution in [1.29, 1.82) is 0 Å². The van der Waals surface area contributed by atoms with Crippen LogP contribution in [0.1, 0.15) is 11.4 Å². The lowest BCUT2D eigenvalue weighted by Gasteiger charge is -2.02. The highest BCUT2D eigenvalue weighted by molar-refractivity contribution is 8.01. The van der Waals surface area contributed by atoms with Crippen LogP contribution in [-0.4, -0.2) is 39.9 Å². The molecule has 0 aliphatic carbocycles. The third kappa shape index (κ3) is 6.33. The normalized spacial score (nSPS) is 11.2. The first kappa shape index (κ1) is 16.2. The van der Waals surface area contributed by atoms with Crippen LogP contribution < -0.4 is 10.6 Å². The van der Waals surface area contributed by atoms with E-state index in [0.717, 1.165) is 9.22 Å². The molecule has 0 saturated heterocycles. The quantitative estimate of drug-likeness (QED) is 0.219. The number of aromatic nitrogens is 1. The van der Waals surface area contributed by atoms with Crippen LogP contribution in [-0.2, 0) is 11.3 Å². The summed E-state index contributed by atoms with van der Waals surface area (Å²) in [5.74, 6) is -0.307. The summed E-state index contributed by atoms with van der Waals surface area (Å²) in [4.78, 5) is 24.7. The van der Waals surface area contributed by atoms with Crippen molar-refractivity contribution in [2.45, 2.75) is 17.2 Å². The molecule has 1 aromatic rings. The number of hydrazone groups is 1. The number of nitrogens with one attached hydrogen (secondary N) is 2. The van der Waals surface area contributed by atoms with Gasteiger partial charge in [-0.2, -0.15) is 0 Å². The number of rotatable bonds is 7. The lowest BCUT2D eigenvalue weighted by atomic mass is 10.5. The summed E-state index contributed by atoms with van der Waals surface area (Å²) in [5, 5.41) is 27.1. The molecule has 1 rings (SSSR count). The second kappa shape index (κ2) is 8.32. The number of carbonyl (C=O) groups is 1. The van der Waals surface area contributed by atoms with E-state index in [1.54, 1.807) is 6.20 Å². The van der Waals surface area contributed by atoms with E-state index < -0.39 is 11.0 Å². The first-order valence-corrected chi connectivity index (χ1v) is 7.25. The van der Waals surface area contributed by atoms with Gasteiger partial charge in [-0.25, -0.2) is 15.1 Å². The number of carboxylic acids is 1. The molecule has 0 aliphatic rings. The molecule has 0 bridgehead atoms. The Morgan fingerprint density at radius 3 is 3.05 bits per heavy atom. The van der Waals surface area contributed by atoms with Gasteiger partial charge in [0.05, 0.1) is 23.4 Å². The monoisotopic (exact) mass is 319 g/mol. The Morgan fingerprint density at radius 1 is 1.70 bits per heavy atom. The first-order chi connectivity index (χ1) is 9.51. The van der Waals surface area contributed by atoms with Gasteiger partial charge in [0.15, 0.2) is 5.03 Å². The van der Waals surface area contributed by atoms with Crippen molar-refractivity contribution in [3.63, 3.8) is 0 Å². The highest BCUT2D eigenvalue weighted by atomic mass is 32.2. The maximum atomic E-state index is 10.4. The number of carboxylic acid groups (broad SMARTS) is 1. The molecule has 3 N–H and O–H groups in total. The molecule has 0 unspecified atom stereocenters. The van der Waals surface area contributed by atoms with Crippen LogP contribution in [0.4, 0.5) is 0 Å². The minimum Gasteiger partial charge on any atom is -0.481 e. The number of guanidine groups is 1. The largest absolute Gasteiger partial charge is 0.481 e. The molecule has 1 heterocycles. The van der Waals surface area contributed by atoms with Crippen LogP contribution in [0, 0.1) is 10.1 Å². The third-order valence-electron chi connectivity index (χ3n) is 1.92. The van der Waals surface area contributed by atoms with Crippen molar-refractivity contribution in [3.8, 4) is 0 Å². The van der Waals surface area contributed by atoms with E-state index in [1.807, 2.05) is 0 Å². The zero-order valence-electron chi connectivity index (χ0n) is 10.5. The molecule has 110 valence electrons. The minimum atomic E-state index is -0.835. The third-order valence-corrected chi connectivity index (χ3v) is 4.11. The minimum absolute atomic E-state index is 0.0466. The van der Waals surface area contributed by atoms with E-state index in [4.69, 9.17) is 5.11 Å². The molecule has 0 spiro atoms. The zero-order valence-corrected chi connectivity index (χ0v) is 12.2. The smallest absolute Gasteiger partial charge is 0.304 e. The molecule has 0 amide bonds. The topological polar surface area (TPSA) is 130 Å². The highest BCUT2D eigenvalue weighted by Crippen LogP contribution is 2.25. The Balaban J connectivity index is 2.43. The molecule has 20 heavy (non-hydrogen) atoms. The standard InChI is InChI=1S/C9H13N5O4S2/c1-10-9(13-14(17)18)12-4-6-11-5-8(20-6)19-3-2-7(15)16/h5H,2-4H2,1H3,(H,15,16)(H2,10,12,13). The van der Waals surface area contributed by atoms with Crippen molar-refractivity contribution < 1.29 is 14.9 Å². The fraction of sp³-hybridized carbons (Fsp3) is 0.444. The Hall–Kier alpha value is -1.88. The molecule has 0 saturated carbocycles. The molecule has 0 fully saturated rings. The number of nitrogens with zero attached hydrogens (tertiary/aromatic N) is 3. The Bertz CT molecular complexity index is 504. The van der Waals surface area contributed by atoms with Gasteiger partial charge in [0, 0.05) is 12.8 Å². The average molecular weight is 319 g/mol. The molecular weight excluding hydrogens is 306 g/mol. The van der Waals surface area contributed by atoms with Crippen molar-refractivity contribution >= 4 is 35.0 Å². The molecule has 0 radical (unpaired) electrons. The fourth-order valence-electron chi connectivity index (χ4n) is 1.10. The highest BCUT2D eigenvalue weighted by Gasteiger charge is 2.06. The molecule has 11 heteroatoms. The van der Waals surface area contributed by atoms with Crippen LogP contribution in [0.15, 0.2) is 15.5 Å². The van der Waals surface area contributed by atoms with Crippen LogP contribution in [0.3, 0.4) is 0 Å². The van der Waals surface area contributed by atoms with Gasteiger partial charge < -0.3 is 15.7 Å². The van der Waals surface area contributed by atoms with Gasteiger partial charge >= 0.3 is 5.97 Å². The van der Waals surface area contributed by atoms with Crippen LogP contribution in [0.2, 0.25) is 0 Å². The van der Waals surface area contributed by atoms with Crippen molar-refractivity contribution in [3.05, 3.63) is 21.3 Å². The summed E-state index contributed by atoms with van der Waals surface area (Å²) in [6.07, 6.45) is 1.74. The van der Waals surface area contributed by atoms with E-state index in [1.165, 1.54) is 30.1 Å². The molecule has 0 aliphatic heterocycles. The predicted molar refractivity (Wildman–Crippen MR) is 75.4 cm³/mol. The maximum absolute atomic E-state index is 10.4. The number of nitro groups is 1. The summed E-state index contributed by atoms with van der Waals surface area (Å²) >= 11 is 2.81. The van der Waals surface area contributed by atoms with Gasteiger partial charge in [-0.05, 0) is 0 Å². The molecule has 1 aromatic heterocycles. The predicted octanol–water partition coefficient (Wildman–Crippen LogP) is 0.567. The molecule has 0 aromatic carbocycles. The van der Waals surface area contributed by atoms with Gasteiger partial charge in [0.1, 0.15) is 10.1 Å². The Labute approximate surface area is 122 Å². The lowest BCUT2D eigenvalue weighted by Crippen LogP contribution is -2.35. The maximum Gasteiger partial charge on any atom is 0.304 e. The van der Waals surface area contributed by atoms with Gasteiger partial charge in [-0.1, -0.05) is 0 Å². The zero-order chi connectivity index (χ0) is 15.0. The summed E-state index contributed by atoms with van der Waals surface area (Å²) in [6.45, 7) is 0.303. The second-order valence-electron chi connectivity index (χ2n) is 3.36. The van der Waals surface area contributed by atoms with Crippen LogP contribution in [0.25, 0.3) is 0 Å². The number of aliphatic carboxylic acids is 1. The second-order valence-corrected chi connectivity index (χ2v) is 5.87. The van der Waals surface area contributed by atoms with Gasteiger partial charge in [-0.15, -0.1) is 23.1 Å². The first-order valence-electron chi connectivity index (χ1n) is 5.45. The molecular formula is C9H13N5O4S2. The summed E-state index contributed by atoms with van der Waals surface area (Å²) < 4.78 is 0.903. The SMILES string of the molecule is CN/C(=N\[N+](=O)[O-])NCc1ncc(SCCC(=O)O)s1. The molecule has 0 atom stereocenters. The van der Waals surface area contributed by atoms with Gasteiger partial charge in [0.25, 0.3) is 5.96 Å². The van der Waals surface area contributed by atoms with Crippen LogP contribution >= 0.6 is 23.1 Å². The number of hydrogen-bond donors (Lipinski definition) is 3. The Morgan fingerprint density at radius 2 is 2.45 bits per heavy atom. The summed E-state index contributed by atoms with van der Waals surface area (Å²) in [6, 6.07) is 0. The van der Waals surface area contributed by atoms with Crippen molar-refractivity contribution in [2.75, 3.05) is 12.8 Å². The lowest BCUT2D eigenvalue weighted by molar-refractivity contribution is -0.485. The van der Waals surface area contributed by atoms with E-state index in [2.05, 4.69) is 20.7 Å². The van der Waals surface area contributed by atoms with E-state index in [9.17, 15) is 14.9 Å². The van der Waals surface area contributed by atoms with Gasteiger partial charge in [-0.3, -0.25) is 4.79 Å². The van der Waals surface area contributed by atoms with E-state index >= 15 is 0 Å². The van der Waals surface area contributed by atoms with E-state index in [0.29, 0.717) is 12.3 Å². The molecule has 9 nitrogen and oxygen atoms in total.